The molecule has 0 saturated carbocycles. The molecule has 1 aromatic heterocycles. The molecular weight excluding hydrogens is 437 g/mol. The molecule has 0 fully saturated rings. The van der Waals surface area contributed by atoms with Gasteiger partial charge in [-0.05, 0) is 55.5 Å². The first-order valence-corrected chi connectivity index (χ1v) is 10.1. The largest absolute Gasteiger partial charge is 0.482 e. The number of halogens is 2. The maximum absolute atomic E-state index is 12.9. The summed E-state index contributed by atoms with van der Waals surface area (Å²) in [4.78, 5) is 29.6. The molecule has 156 valence electrons. The number of aryl methyl sites for hydroxylation is 1. The topological polar surface area (TPSA) is 73.2 Å². The Hall–Kier alpha value is -3.35. The maximum atomic E-state index is 12.9. The smallest absolute Gasteiger partial charge is 0.265 e. The Balaban J connectivity index is 1.49. The number of hydrogen-bond acceptors (Lipinski definition) is 4. The van der Waals surface area contributed by atoms with Crippen LogP contribution >= 0.6 is 23.2 Å². The van der Waals surface area contributed by atoms with Gasteiger partial charge in [0.05, 0.1) is 21.6 Å². The number of rotatable bonds is 5. The molecule has 0 atom stereocenters. The fourth-order valence-electron chi connectivity index (χ4n) is 3.17. The van der Waals surface area contributed by atoms with Crippen LogP contribution in [0.3, 0.4) is 0 Å². The van der Waals surface area contributed by atoms with Gasteiger partial charge >= 0.3 is 0 Å². The third-order valence-electron chi connectivity index (χ3n) is 4.60. The molecule has 1 amide bonds. The summed E-state index contributed by atoms with van der Waals surface area (Å²) in [6.07, 6.45) is 0. The van der Waals surface area contributed by atoms with Gasteiger partial charge in [-0.1, -0.05) is 35.3 Å². The van der Waals surface area contributed by atoms with Gasteiger partial charge in [-0.2, -0.15) is 0 Å². The first kappa shape index (κ1) is 20.9. The lowest BCUT2D eigenvalue weighted by atomic mass is 10.2. The third kappa shape index (κ3) is 4.55. The van der Waals surface area contributed by atoms with E-state index in [9.17, 15) is 9.59 Å². The van der Waals surface area contributed by atoms with Crippen LogP contribution in [0.25, 0.3) is 16.6 Å². The highest BCUT2D eigenvalue weighted by Crippen LogP contribution is 2.27. The van der Waals surface area contributed by atoms with Crippen LogP contribution in [0.2, 0.25) is 10.0 Å². The highest BCUT2D eigenvalue weighted by Gasteiger charge is 2.11. The number of carbonyl (C=O) groups is 1. The van der Waals surface area contributed by atoms with Gasteiger partial charge in [0.2, 0.25) is 0 Å². The van der Waals surface area contributed by atoms with Crippen molar-refractivity contribution in [2.24, 2.45) is 0 Å². The standard InChI is InChI=1S/C23H17Cl2N3O3/c1-14-26-20-5-3-2-4-18(20)23(30)28(14)17-9-7-16(8-10-17)27-22(29)13-31-21-12-15(24)6-11-19(21)25/h2-12H,13H2,1H3,(H,27,29). The molecule has 4 rings (SSSR count). The molecule has 8 heteroatoms. The van der Waals surface area contributed by atoms with Crippen LogP contribution in [0.1, 0.15) is 5.82 Å². The van der Waals surface area contributed by atoms with Crippen LogP contribution in [0.15, 0.2) is 71.5 Å². The van der Waals surface area contributed by atoms with Crippen molar-refractivity contribution in [2.45, 2.75) is 6.92 Å². The molecule has 0 spiro atoms. The number of benzene rings is 3. The monoisotopic (exact) mass is 453 g/mol. The summed E-state index contributed by atoms with van der Waals surface area (Å²) in [7, 11) is 0. The van der Waals surface area contributed by atoms with Crippen LogP contribution in [-0.4, -0.2) is 22.1 Å². The number of aromatic nitrogens is 2. The van der Waals surface area contributed by atoms with Crippen molar-refractivity contribution >= 4 is 45.7 Å². The van der Waals surface area contributed by atoms with Gasteiger partial charge in [0.1, 0.15) is 11.6 Å². The minimum absolute atomic E-state index is 0.147. The summed E-state index contributed by atoms with van der Waals surface area (Å²) in [5.41, 5.74) is 1.73. The molecule has 0 unspecified atom stereocenters. The van der Waals surface area contributed by atoms with Crippen molar-refractivity contribution in [3.63, 3.8) is 0 Å². The van der Waals surface area contributed by atoms with Gasteiger partial charge in [-0.25, -0.2) is 4.98 Å². The number of amides is 1. The van der Waals surface area contributed by atoms with E-state index in [1.807, 2.05) is 18.2 Å². The van der Waals surface area contributed by atoms with Crippen molar-refractivity contribution < 1.29 is 9.53 Å². The average Bonchev–Trinajstić information content (AvgIpc) is 2.75. The summed E-state index contributed by atoms with van der Waals surface area (Å²) < 4.78 is 6.97. The molecule has 0 radical (unpaired) electrons. The second-order valence-corrected chi connectivity index (χ2v) is 7.62. The van der Waals surface area contributed by atoms with E-state index in [0.717, 1.165) is 0 Å². The van der Waals surface area contributed by atoms with E-state index >= 15 is 0 Å². The predicted molar refractivity (Wildman–Crippen MR) is 123 cm³/mol. The molecule has 1 N–H and O–H groups in total. The van der Waals surface area contributed by atoms with Crippen molar-refractivity contribution in [2.75, 3.05) is 11.9 Å². The zero-order valence-corrected chi connectivity index (χ0v) is 17.9. The van der Waals surface area contributed by atoms with Gasteiger partial charge in [0.25, 0.3) is 11.5 Å². The summed E-state index contributed by atoms with van der Waals surface area (Å²) in [6.45, 7) is 1.55. The average molecular weight is 454 g/mol. The number of hydrogen-bond donors (Lipinski definition) is 1. The number of carbonyl (C=O) groups excluding carboxylic acids is 1. The number of nitrogens with one attached hydrogen (secondary N) is 1. The second-order valence-electron chi connectivity index (χ2n) is 6.78. The summed E-state index contributed by atoms with van der Waals surface area (Å²) in [5, 5.41) is 4.11. The van der Waals surface area contributed by atoms with Crippen molar-refractivity contribution in [3.8, 4) is 11.4 Å². The van der Waals surface area contributed by atoms with E-state index in [0.29, 0.717) is 43.9 Å². The zero-order chi connectivity index (χ0) is 22.0. The van der Waals surface area contributed by atoms with E-state index < -0.39 is 0 Å². The molecule has 3 aromatic carbocycles. The third-order valence-corrected chi connectivity index (χ3v) is 5.15. The van der Waals surface area contributed by atoms with Crippen molar-refractivity contribution in [1.82, 2.24) is 9.55 Å². The van der Waals surface area contributed by atoms with Crippen LogP contribution in [0.4, 0.5) is 5.69 Å². The number of nitrogens with zero attached hydrogens (tertiary/aromatic N) is 2. The minimum atomic E-state index is -0.357. The number of anilines is 1. The fourth-order valence-corrected chi connectivity index (χ4v) is 3.50. The van der Waals surface area contributed by atoms with Crippen molar-refractivity contribution in [3.05, 3.63) is 93.0 Å². The normalized spacial score (nSPS) is 10.8. The number of fused-ring (bicyclic) bond motifs is 1. The molecule has 0 aliphatic heterocycles. The van der Waals surface area contributed by atoms with Gasteiger partial charge in [0.15, 0.2) is 6.61 Å². The first-order valence-electron chi connectivity index (χ1n) is 9.39. The Morgan fingerprint density at radius 1 is 1.06 bits per heavy atom. The zero-order valence-electron chi connectivity index (χ0n) is 16.4. The minimum Gasteiger partial charge on any atom is -0.482 e. The SMILES string of the molecule is Cc1nc2ccccc2c(=O)n1-c1ccc(NC(=O)COc2cc(Cl)ccc2Cl)cc1. The Kier molecular flexibility index (Phi) is 5.93. The number of para-hydroxylation sites is 1. The Morgan fingerprint density at radius 3 is 2.58 bits per heavy atom. The molecule has 0 saturated heterocycles. The molecule has 31 heavy (non-hydrogen) atoms. The van der Waals surface area contributed by atoms with Gasteiger partial charge < -0.3 is 10.1 Å². The van der Waals surface area contributed by atoms with Crippen LogP contribution in [0.5, 0.6) is 5.75 Å². The lowest BCUT2D eigenvalue weighted by Gasteiger charge is -2.12. The first-order chi connectivity index (χ1) is 14.9. The molecule has 0 aliphatic carbocycles. The summed E-state index contributed by atoms with van der Waals surface area (Å²) in [6, 6.07) is 18.9. The molecular formula is C23H17Cl2N3O3. The van der Waals surface area contributed by atoms with Gasteiger partial charge in [-0.3, -0.25) is 14.2 Å². The predicted octanol–water partition coefficient (Wildman–Crippen LogP) is 5.02. The molecule has 0 aliphatic rings. The summed E-state index contributed by atoms with van der Waals surface area (Å²) in [5.74, 6) is 0.551. The van der Waals surface area contributed by atoms with E-state index in [4.69, 9.17) is 27.9 Å². The quantitative estimate of drug-likeness (QED) is 0.460. The Morgan fingerprint density at radius 2 is 1.81 bits per heavy atom. The van der Waals surface area contributed by atoms with E-state index in [2.05, 4.69) is 10.3 Å². The van der Waals surface area contributed by atoms with Crippen molar-refractivity contribution in [1.29, 1.82) is 0 Å². The highest BCUT2D eigenvalue weighted by atomic mass is 35.5. The van der Waals surface area contributed by atoms with Crippen LogP contribution < -0.4 is 15.6 Å². The molecule has 1 heterocycles. The van der Waals surface area contributed by atoms with Gasteiger partial charge in [-0.15, -0.1) is 0 Å². The van der Waals surface area contributed by atoms with E-state index in [1.54, 1.807) is 55.5 Å². The fraction of sp³-hybridized carbons (Fsp3) is 0.0870. The van der Waals surface area contributed by atoms with E-state index in [-0.39, 0.29) is 18.1 Å². The van der Waals surface area contributed by atoms with Crippen LogP contribution in [0, 0.1) is 6.92 Å². The molecule has 6 nitrogen and oxygen atoms in total. The molecule has 4 aromatic rings. The highest BCUT2D eigenvalue weighted by molar-refractivity contribution is 6.34. The maximum Gasteiger partial charge on any atom is 0.265 e. The second kappa shape index (κ2) is 8.79. The number of ether oxygens (including phenoxy) is 1. The lowest BCUT2D eigenvalue weighted by Crippen LogP contribution is -2.22. The Labute approximate surface area is 188 Å². The van der Waals surface area contributed by atoms with E-state index in [1.165, 1.54) is 4.57 Å². The Bertz CT molecular complexity index is 1330. The molecule has 0 bridgehead atoms. The summed E-state index contributed by atoms with van der Waals surface area (Å²) >= 11 is 11.9. The van der Waals surface area contributed by atoms with Gasteiger partial charge in [0, 0.05) is 16.8 Å². The van der Waals surface area contributed by atoms with Crippen LogP contribution in [-0.2, 0) is 4.79 Å². The lowest BCUT2D eigenvalue weighted by molar-refractivity contribution is -0.118.